The van der Waals surface area contributed by atoms with Crippen LogP contribution < -0.4 is 4.74 Å². The Kier molecular flexibility index (Phi) is 4.73. The molecule has 0 radical (unpaired) electrons. The third-order valence-corrected chi connectivity index (χ3v) is 6.43. The maximum Gasteiger partial charge on any atom is 0.246 e. The minimum absolute atomic E-state index is 0.0165. The number of para-hydroxylation sites is 2. The zero-order valence-corrected chi connectivity index (χ0v) is 18.1. The van der Waals surface area contributed by atoms with E-state index in [2.05, 4.69) is 11.1 Å². The van der Waals surface area contributed by atoms with E-state index in [4.69, 9.17) is 4.74 Å². The monoisotopic (exact) mass is 417 g/mol. The molecule has 160 valence electrons. The van der Waals surface area contributed by atoms with E-state index in [1.54, 1.807) is 9.80 Å². The molecule has 2 amide bonds. The summed E-state index contributed by atoms with van der Waals surface area (Å²) in [7, 11) is 0. The highest BCUT2D eigenvalue weighted by atomic mass is 16.5. The summed E-state index contributed by atoms with van der Waals surface area (Å²) >= 11 is 0. The number of hydrogen-bond donors (Lipinski definition) is 1. The maximum absolute atomic E-state index is 13.5. The predicted octanol–water partition coefficient (Wildman–Crippen LogP) is 3.66. The first kappa shape index (κ1) is 19.7. The molecule has 1 aromatic heterocycles. The number of nitrogens with zero attached hydrogens (tertiary/aromatic N) is 2. The third kappa shape index (κ3) is 3.00. The number of aromatic amines is 1. The van der Waals surface area contributed by atoms with Crippen molar-refractivity contribution in [1.29, 1.82) is 0 Å². The molecular weight excluding hydrogens is 390 g/mol. The Morgan fingerprint density at radius 2 is 1.84 bits per heavy atom. The molecule has 3 aromatic rings. The van der Waals surface area contributed by atoms with Gasteiger partial charge < -0.3 is 19.5 Å². The molecule has 6 nitrogen and oxygen atoms in total. The van der Waals surface area contributed by atoms with Crippen LogP contribution in [0.2, 0.25) is 0 Å². The number of nitrogens with one attached hydrogen (secondary N) is 1. The first-order chi connectivity index (χ1) is 15.0. The molecule has 0 spiro atoms. The highest BCUT2D eigenvalue weighted by molar-refractivity contribution is 5.97. The van der Waals surface area contributed by atoms with Crippen LogP contribution in [0.3, 0.4) is 0 Å². The van der Waals surface area contributed by atoms with Gasteiger partial charge in [0, 0.05) is 34.6 Å². The molecule has 3 heterocycles. The molecule has 1 N–H and O–H groups in total. The minimum Gasteiger partial charge on any atom is -0.494 e. The van der Waals surface area contributed by atoms with Gasteiger partial charge in [-0.15, -0.1) is 0 Å². The maximum atomic E-state index is 13.5. The lowest BCUT2D eigenvalue weighted by atomic mass is 9.85. The number of rotatable bonds is 4. The summed E-state index contributed by atoms with van der Waals surface area (Å²) < 4.78 is 5.93. The zero-order valence-electron chi connectivity index (χ0n) is 18.1. The van der Waals surface area contributed by atoms with Crippen LogP contribution in [-0.2, 0) is 16.0 Å². The number of piperazine rings is 1. The molecule has 1 fully saturated rings. The number of carbonyl (C=O) groups is 2. The van der Waals surface area contributed by atoms with Crippen molar-refractivity contribution in [3.63, 3.8) is 0 Å². The van der Waals surface area contributed by atoms with E-state index in [9.17, 15) is 9.59 Å². The van der Waals surface area contributed by atoms with Gasteiger partial charge in [0.1, 0.15) is 24.4 Å². The third-order valence-electron chi connectivity index (χ3n) is 6.43. The Labute approximate surface area is 181 Å². The number of aromatic nitrogens is 1. The van der Waals surface area contributed by atoms with Crippen LogP contribution in [0.15, 0.2) is 48.5 Å². The lowest BCUT2D eigenvalue weighted by Crippen LogP contribution is -2.64. The topological polar surface area (TPSA) is 65.6 Å². The second kappa shape index (κ2) is 7.45. The Morgan fingerprint density at radius 1 is 1.10 bits per heavy atom. The standard InChI is InChI=1S/C25H27N3O3/c1-4-31-21-12-8-6-10-17(21)24-23-18(16-9-5-7-11-19(16)26-23)13-20-25(30)27(15(2)3)14-22(29)28(20)24/h5-12,15,20,24,26H,4,13-14H2,1-3H3/t20-,24?/m0/s1. The second-order valence-corrected chi connectivity index (χ2v) is 8.52. The fraction of sp³-hybridized carbons (Fsp3) is 0.360. The average molecular weight is 418 g/mol. The van der Waals surface area contributed by atoms with Gasteiger partial charge in [-0.1, -0.05) is 36.4 Å². The number of hydrogen-bond acceptors (Lipinski definition) is 3. The normalized spacial score (nSPS) is 20.9. The highest BCUT2D eigenvalue weighted by Gasteiger charge is 2.49. The number of amides is 2. The number of carbonyl (C=O) groups excluding carboxylic acids is 2. The zero-order chi connectivity index (χ0) is 21.7. The van der Waals surface area contributed by atoms with Crippen LogP contribution in [-0.4, -0.2) is 51.8 Å². The van der Waals surface area contributed by atoms with Gasteiger partial charge in [-0.25, -0.2) is 0 Å². The number of H-pyrrole nitrogens is 1. The summed E-state index contributed by atoms with van der Waals surface area (Å²) in [6, 6.07) is 15.0. The fourth-order valence-corrected chi connectivity index (χ4v) is 5.04. The smallest absolute Gasteiger partial charge is 0.246 e. The summed E-state index contributed by atoms with van der Waals surface area (Å²) in [6.07, 6.45) is 0.514. The first-order valence-electron chi connectivity index (χ1n) is 10.9. The van der Waals surface area contributed by atoms with Crippen molar-refractivity contribution < 1.29 is 14.3 Å². The molecule has 2 aliphatic heterocycles. The summed E-state index contributed by atoms with van der Waals surface area (Å²) in [5.41, 5.74) is 4.01. The molecule has 5 rings (SSSR count). The van der Waals surface area contributed by atoms with Gasteiger partial charge in [0.15, 0.2) is 0 Å². The van der Waals surface area contributed by atoms with Gasteiger partial charge in [0.2, 0.25) is 11.8 Å². The Bertz CT molecular complexity index is 1170. The highest BCUT2D eigenvalue weighted by Crippen LogP contribution is 2.44. The number of fused-ring (bicyclic) bond motifs is 4. The molecule has 0 bridgehead atoms. The van der Waals surface area contributed by atoms with Crippen LogP contribution >= 0.6 is 0 Å². The molecule has 6 heteroatoms. The van der Waals surface area contributed by atoms with E-state index in [1.807, 2.05) is 63.2 Å². The summed E-state index contributed by atoms with van der Waals surface area (Å²) in [5, 5.41) is 1.11. The Balaban J connectivity index is 1.74. The molecule has 2 aromatic carbocycles. The predicted molar refractivity (Wildman–Crippen MR) is 119 cm³/mol. The van der Waals surface area contributed by atoms with Crippen molar-refractivity contribution in [2.45, 2.75) is 45.3 Å². The molecule has 1 saturated heterocycles. The average Bonchev–Trinajstić information content (AvgIpc) is 3.14. The quantitative estimate of drug-likeness (QED) is 0.705. The van der Waals surface area contributed by atoms with E-state index >= 15 is 0 Å². The van der Waals surface area contributed by atoms with Crippen molar-refractivity contribution in [3.8, 4) is 5.75 Å². The summed E-state index contributed by atoms with van der Waals surface area (Å²) in [6.45, 7) is 6.51. The minimum atomic E-state index is -0.518. The second-order valence-electron chi connectivity index (χ2n) is 8.52. The molecule has 0 aliphatic carbocycles. The van der Waals surface area contributed by atoms with Crippen LogP contribution in [0, 0.1) is 0 Å². The fourth-order valence-electron chi connectivity index (χ4n) is 5.04. The van der Waals surface area contributed by atoms with Gasteiger partial charge in [-0.05, 0) is 38.5 Å². The van der Waals surface area contributed by atoms with Crippen LogP contribution in [0.25, 0.3) is 10.9 Å². The number of ether oxygens (including phenoxy) is 1. The lowest BCUT2D eigenvalue weighted by Gasteiger charge is -2.48. The van der Waals surface area contributed by atoms with Gasteiger partial charge >= 0.3 is 0 Å². The van der Waals surface area contributed by atoms with Crippen LogP contribution in [0.1, 0.15) is 43.6 Å². The first-order valence-corrected chi connectivity index (χ1v) is 10.9. The Hall–Kier alpha value is -3.28. The van der Waals surface area contributed by atoms with E-state index in [0.717, 1.165) is 33.5 Å². The van der Waals surface area contributed by atoms with Crippen LogP contribution in [0.5, 0.6) is 5.75 Å². The molecule has 1 unspecified atom stereocenters. The van der Waals surface area contributed by atoms with Crippen LogP contribution in [0.4, 0.5) is 0 Å². The van der Waals surface area contributed by atoms with Gasteiger partial charge in [-0.3, -0.25) is 9.59 Å². The molecule has 2 aliphatic rings. The van der Waals surface area contributed by atoms with Crippen molar-refractivity contribution in [2.75, 3.05) is 13.2 Å². The SMILES string of the molecule is CCOc1ccccc1C1c2[nH]c3ccccc3c2C[C@H]2C(=O)N(C(C)C)CC(=O)N12. The summed E-state index contributed by atoms with van der Waals surface area (Å²) in [5.74, 6) is 0.732. The molecule has 31 heavy (non-hydrogen) atoms. The van der Waals surface area contributed by atoms with E-state index in [0.29, 0.717) is 13.0 Å². The van der Waals surface area contributed by atoms with E-state index in [1.165, 1.54) is 0 Å². The lowest BCUT2D eigenvalue weighted by molar-refractivity contribution is -0.160. The van der Waals surface area contributed by atoms with Crippen molar-refractivity contribution >= 4 is 22.7 Å². The van der Waals surface area contributed by atoms with Crippen molar-refractivity contribution in [3.05, 3.63) is 65.4 Å². The van der Waals surface area contributed by atoms with Crippen molar-refractivity contribution in [1.82, 2.24) is 14.8 Å². The van der Waals surface area contributed by atoms with E-state index in [-0.39, 0.29) is 24.4 Å². The van der Waals surface area contributed by atoms with Gasteiger partial charge in [0.25, 0.3) is 0 Å². The van der Waals surface area contributed by atoms with Crippen molar-refractivity contribution in [2.24, 2.45) is 0 Å². The van der Waals surface area contributed by atoms with Gasteiger partial charge in [-0.2, -0.15) is 0 Å². The molecular formula is C25H27N3O3. The largest absolute Gasteiger partial charge is 0.494 e. The molecule has 0 saturated carbocycles. The number of benzene rings is 2. The Morgan fingerprint density at radius 3 is 2.61 bits per heavy atom. The summed E-state index contributed by atoms with van der Waals surface area (Å²) in [4.78, 5) is 34.0. The van der Waals surface area contributed by atoms with Gasteiger partial charge in [0.05, 0.1) is 6.61 Å². The molecule has 2 atom stereocenters. The van der Waals surface area contributed by atoms with E-state index < -0.39 is 12.1 Å².